The molecule has 9 heteroatoms. The first-order valence-electron chi connectivity index (χ1n) is 9.27. The number of nitrogens with one attached hydrogen (secondary N) is 1. The monoisotopic (exact) mass is 424 g/mol. The van der Waals surface area contributed by atoms with Crippen molar-refractivity contribution in [1.82, 2.24) is 0 Å². The molecular weight excluding hydrogens is 404 g/mol. The molecule has 1 atom stereocenters. The van der Waals surface area contributed by atoms with Crippen LogP contribution in [-0.2, 0) is 15.0 Å². The number of oxime groups is 1. The van der Waals surface area contributed by atoms with E-state index >= 15 is 0 Å². The van der Waals surface area contributed by atoms with Gasteiger partial charge in [0.1, 0.15) is 17.7 Å². The Bertz CT molecular complexity index is 920. The molecule has 1 saturated carbocycles. The van der Waals surface area contributed by atoms with Crippen LogP contribution in [0.5, 0.6) is 5.75 Å². The van der Waals surface area contributed by atoms with E-state index in [4.69, 9.17) is 4.84 Å². The number of anilines is 1. The lowest BCUT2D eigenvalue weighted by Gasteiger charge is -2.25. The van der Waals surface area contributed by atoms with Crippen LogP contribution in [0.2, 0.25) is 0 Å². The third-order valence-electron chi connectivity index (χ3n) is 4.75. The van der Waals surface area contributed by atoms with Gasteiger partial charge in [-0.1, -0.05) is 35.5 Å². The summed E-state index contributed by atoms with van der Waals surface area (Å²) in [6, 6.07) is 9.85. The number of hydrogen-bond donors (Lipinski definition) is 1. The Balaban J connectivity index is 1.91. The predicted octanol–water partition coefficient (Wildman–Crippen LogP) is 4.88. The van der Waals surface area contributed by atoms with Gasteiger partial charge in [0.15, 0.2) is 17.4 Å². The van der Waals surface area contributed by atoms with Crippen LogP contribution in [0, 0.1) is 17.6 Å². The summed E-state index contributed by atoms with van der Waals surface area (Å²) in [5.74, 6) is -3.94. The van der Waals surface area contributed by atoms with Crippen LogP contribution in [-0.4, -0.2) is 25.3 Å². The molecule has 2 aromatic carbocycles. The van der Waals surface area contributed by atoms with Crippen LogP contribution in [0.15, 0.2) is 47.6 Å². The first-order valence-corrected chi connectivity index (χ1v) is 9.27. The summed E-state index contributed by atoms with van der Waals surface area (Å²) in [5, 5.41) is 6.04. The molecule has 0 radical (unpaired) electrons. The Morgan fingerprint density at radius 3 is 2.57 bits per heavy atom. The Kier molecular flexibility index (Phi) is 6.59. The standard InChI is InChI=1S/C21H20F4N2O3/c1-21(14-5-3-2-4-6-14,12-26-29-11-13-7-8-13)19(28)27-18-16(30-20(24)25)10-9-15(22)17(18)23/h2-6,9-10,12-13,20H,7-8,11H2,1H3,(H,27,28). The van der Waals surface area contributed by atoms with Gasteiger partial charge in [-0.15, -0.1) is 0 Å². The highest BCUT2D eigenvalue weighted by Crippen LogP contribution is 2.33. The van der Waals surface area contributed by atoms with E-state index in [1.165, 1.54) is 13.1 Å². The Morgan fingerprint density at radius 2 is 1.93 bits per heavy atom. The molecule has 3 rings (SSSR count). The van der Waals surface area contributed by atoms with Gasteiger partial charge >= 0.3 is 6.61 Å². The first kappa shape index (κ1) is 21.6. The van der Waals surface area contributed by atoms with Crippen LogP contribution >= 0.6 is 0 Å². The molecule has 1 aliphatic rings. The zero-order valence-electron chi connectivity index (χ0n) is 16.1. The largest absolute Gasteiger partial charge is 0.432 e. The van der Waals surface area contributed by atoms with Crippen molar-refractivity contribution in [2.45, 2.75) is 31.8 Å². The van der Waals surface area contributed by atoms with Crippen LogP contribution in [0.4, 0.5) is 23.2 Å². The van der Waals surface area contributed by atoms with Gasteiger partial charge in [-0.3, -0.25) is 4.79 Å². The predicted molar refractivity (Wildman–Crippen MR) is 103 cm³/mol. The maximum Gasteiger partial charge on any atom is 0.387 e. The summed E-state index contributed by atoms with van der Waals surface area (Å²) in [6.07, 6.45) is 3.35. The van der Waals surface area contributed by atoms with Crippen molar-refractivity contribution in [3.05, 3.63) is 59.7 Å². The molecule has 1 aliphatic carbocycles. The highest BCUT2D eigenvalue weighted by Gasteiger charge is 2.36. The minimum atomic E-state index is -3.29. The van der Waals surface area contributed by atoms with Gasteiger partial charge in [0, 0.05) is 0 Å². The minimum absolute atomic E-state index is 0.411. The van der Waals surface area contributed by atoms with Crippen molar-refractivity contribution in [1.29, 1.82) is 0 Å². The lowest BCUT2D eigenvalue weighted by atomic mass is 9.82. The number of rotatable bonds is 9. The topological polar surface area (TPSA) is 59.9 Å². The molecule has 0 aliphatic heterocycles. The van der Waals surface area contributed by atoms with Crippen LogP contribution < -0.4 is 10.1 Å². The SMILES string of the molecule is CC(C=NOCC1CC1)(C(=O)Nc1c(OC(F)F)ccc(F)c1F)c1ccccc1. The summed E-state index contributed by atoms with van der Waals surface area (Å²) in [7, 11) is 0. The lowest BCUT2D eigenvalue weighted by Crippen LogP contribution is -2.39. The minimum Gasteiger partial charge on any atom is -0.432 e. The second kappa shape index (κ2) is 9.15. The van der Waals surface area contributed by atoms with E-state index in [2.05, 4.69) is 15.2 Å². The fraction of sp³-hybridized carbons (Fsp3) is 0.333. The number of alkyl halides is 2. The maximum atomic E-state index is 14.3. The number of hydrogen-bond acceptors (Lipinski definition) is 4. The van der Waals surface area contributed by atoms with E-state index in [1.807, 2.05) is 0 Å². The third kappa shape index (κ3) is 5.08. The van der Waals surface area contributed by atoms with Crippen molar-refractivity contribution in [3.8, 4) is 5.75 Å². The van der Waals surface area contributed by atoms with E-state index in [-0.39, 0.29) is 0 Å². The number of halogens is 4. The Hall–Kier alpha value is -3.10. The number of benzene rings is 2. The van der Waals surface area contributed by atoms with E-state index in [0.29, 0.717) is 24.2 Å². The van der Waals surface area contributed by atoms with Gasteiger partial charge in [0.2, 0.25) is 5.91 Å². The van der Waals surface area contributed by atoms with E-state index < -0.39 is 41.0 Å². The molecule has 2 aromatic rings. The summed E-state index contributed by atoms with van der Waals surface area (Å²) in [5.41, 5.74) is -1.81. The van der Waals surface area contributed by atoms with E-state index in [9.17, 15) is 22.4 Å². The van der Waals surface area contributed by atoms with Gasteiger partial charge < -0.3 is 14.9 Å². The number of carbonyl (C=O) groups excluding carboxylic acids is 1. The first-order chi connectivity index (χ1) is 14.3. The molecule has 1 N–H and O–H groups in total. The van der Waals surface area contributed by atoms with Gasteiger partial charge in [-0.25, -0.2) is 8.78 Å². The second-order valence-electron chi connectivity index (χ2n) is 7.11. The maximum absolute atomic E-state index is 14.3. The summed E-state index contributed by atoms with van der Waals surface area (Å²) >= 11 is 0. The summed E-state index contributed by atoms with van der Waals surface area (Å²) in [4.78, 5) is 18.3. The molecule has 0 saturated heterocycles. The highest BCUT2D eigenvalue weighted by molar-refractivity contribution is 6.11. The Morgan fingerprint density at radius 1 is 1.23 bits per heavy atom. The van der Waals surface area contributed by atoms with Crippen LogP contribution in [0.3, 0.4) is 0 Å². The molecule has 0 spiro atoms. The fourth-order valence-electron chi connectivity index (χ4n) is 2.71. The van der Waals surface area contributed by atoms with Gasteiger partial charge in [-0.2, -0.15) is 8.78 Å². The normalized spacial score (nSPS) is 15.8. The van der Waals surface area contributed by atoms with Crippen molar-refractivity contribution in [2.75, 3.05) is 11.9 Å². The smallest absolute Gasteiger partial charge is 0.387 e. The molecule has 1 fully saturated rings. The molecule has 5 nitrogen and oxygen atoms in total. The van der Waals surface area contributed by atoms with Crippen molar-refractivity contribution < 1.29 is 31.9 Å². The fourth-order valence-corrected chi connectivity index (χ4v) is 2.71. The summed E-state index contributed by atoms with van der Waals surface area (Å²) < 4.78 is 57.5. The zero-order valence-corrected chi connectivity index (χ0v) is 16.1. The van der Waals surface area contributed by atoms with Gasteiger partial charge in [-0.05, 0) is 43.4 Å². The number of ether oxygens (including phenoxy) is 1. The molecule has 1 unspecified atom stereocenters. The van der Waals surface area contributed by atoms with Crippen LogP contribution in [0.25, 0.3) is 0 Å². The number of carbonyl (C=O) groups is 1. The molecule has 160 valence electrons. The van der Waals surface area contributed by atoms with Crippen LogP contribution in [0.1, 0.15) is 25.3 Å². The van der Waals surface area contributed by atoms with Crippen molar-refractivity contribution >= 4 is 17.8 Å². The van der Waals surface area contributed by atoms with Gasteiger partial charge in [0.05, 0.1) is 6.21 Å². The van der Waals surface area contributed by atoms with E-state index in [1.54, 1.807) is 30.3 Å². The van der Waals surface area contributed by atoms with Gasteiger partial charge in [0.25, 0.3) is 0 Å². The molecule has 1 amide bonds. The average molecular weight is 424 g/mol. The lowest BCUT2D eigenvalue weighted by molar-refractivity contribution is -0.119. The molecule has 0 bridgehead atoms. The summed E-state index contributed by atoms with van der Waals surface area (Å²) in [6.45, 7) is -1.39. The average Bonchev–Trinajstić information content (AvgIpc) is 3.55. The third-order valence-corrected chi connectivity index (χ3v) is 4.75. The molecule has 30 heavy (non-hydrogen) atoms. The molecule has 0 aromatic heterocycles. The highest BCUT2D eigenvalue weighted by atomic mass is 19.3. The van der Waals surface area contributed by atoms with E-state index in [0.717, 1.165) is 18.9 Å². The molecular formula is C21H20F4N2O3. The number of amides is 1. The molecule has 0 heterocycles. The van der Waals surface area contributed by atoms with Crippen molar-refractivity contribution in [3.63, 3.8) is 0 Å². The second-order valence-corrected chi connectivity index (χ2v) is 7.11. The zero-order chi connectivity index (χ0) is 21.7. The number of nitrogens with zero attached hydrogens (tertiary/aromatic N) is 1. The quantitative estimate of drug-likeness (QED) is 0.355. The Labute approximate surface area is 170 Å². The van der Waals surface area contributed by atoms with Crippen molar-refractivity contribution in [2.24, 2.45) is 11.1 Å².